The largest absolute Gasteiger partial charge is 0.297 e. The van der Waals surface area contributed by atoms with Crippen LogP contribution in [-0.2, 0) is 0 Å². The van der Waals surface area contributed by atoms with Crippen molar-refractivity contribution >= 4 is 44.1 Å². The van der Waals surface area contributed by atoms with Gasteiger partial charge in [-0.15, -0.1) is 0 Å². The monoisotopic (exact) mass is 668 g/mol. The molecule has 52 heavy (non-hydrogen) atoms. The predicted octanol–water partition coefficient (Wildman–Crippen LogP) is 13.7. The van der Waals surface area contributed by atoms with E-state index in [-0.39, 0.29) is 0 Å². The topological polar surface area (TPSA) is 17.3 Å². The molecule has 2 nitrogen and oxygen atoms in total. The molecular formula is C50H40N2. The Balaban J connectivity index is 1.30. The number of rotatable bonds is 0. The van der Waals surface area contributed by atoms with E-state index in [0.717, 1.165) is 30.8 Å². The van der Waals surface area contributed by atoms with Gasteiger partial charge in [0, 0.05) is 23.1 Å². The van der Waals surface area contributed by atoms with Gasteiger partial charge in [0.05, 0.1) is 16.7 Å². The highest BCUT2D eigenvalue weighted by Crippen LogP contribution is 2.53. The molecule has 250 valence electrons. The van der Waals surface area contributed by atoms with E-state index in [9.17, 15) is 0 Å². The van der Waals surface area contributed by atoms with Crippen LogP contribution >= 0.6 is 0 Å². The summed E-state index contributed by atoms with van der Waals surface area (Å²) in [6, 6.07) is 50.4. The molecule has 1 aromatic heterocycles. The summed E-state index contributed by atoms with van der Waals surface area (Å²) in [7, 11) is 0. The zero-order valence-corrected chi connectivity index (χ0v) is 29.9. The molecular weight excluding hydrogens is 629 g/mol. The van der Waals surface area contributed by atoms with Crippen molar-refractivity contribution in [2.45, 2.75) is 57.8 Å². The molecule has 0 spiro atoms. The van der Waals surface area contributed by atoms with Gasteiger partial charge in [-0.3, -0.25) is 4.57 Å². The van der Waals surface area contributed by atoms with Crippen molar-refractivity contribution in [1.82, 2.24) is 4.57 Å². The smallest absolute Gasteiger partial charge is 0.114 e. The van der Waals surface area contributed by atoms with Crippen molar-refractivity contribution in [2.75, 3.05) is 0 Å². The summed E-state index contributed by atoms with van der Waals surface area (Å²) in [5.41, 5.74) is 18.8. The third-order valence-electron chi connectivity index (χ3n) is 12.9. The maximum absolute atomic E-state index is 5.73. The predicted molar refractivity (Wildman–Crippen MR) is 219 cm³/mol. The highest BCUT2D eigenvalue weighted by Gasteiger charge is 2.33. The van der Waals surface area contributed by atoms with Crippen molar-refractivity contribution in [1.29, 1.82) is 0 Å². The second kappa shape index (κ2) is 11.1. The van der Waals surface area contributed by atoms with Crippen LogP contribution in [-0.4, -0.2) is 10.4 Å². The first-order valence-electron chi connectivity index (χ1n) is 19.1. The molecule has 0 N–H and O–H groups in total. The molecule has 3 unspecified atom stereocenters. The highest BCUT2D eigenvalue weighted by atomic mass is 15.1. The van der Waals surface area contributed by atoms with E-state index in [2.05, 4.69) is 159 Å². The first-order chi connectivity index (χ1) is 25.6. The van der Waals surface area contributed by atoms with Crippen LogP contribution in [0, 0.1) is 6.92 Å². The van der Waals surface area contributed by atoms with Gasteiger partial charge in [-0.1, -0.05) is 123 Å². The molecule has 7 aromatic carbocycles. The van der Waals surface area contributed by atoms with E-state index in [1.54, 1.807) is 0 Å². The van der Waals surface area contributed by atoms with Crippen LogP contribution in [0.3, 0.4) is 0 Å². The summed E-state index contributed by atoms with van der Waals surface area (Å²) >= 11 is 0. The van der Waals surface area contributed by atoms with Gasteiger partial charge in [-0.05, 0) is 128 Å². The van der Waals surface area contributed by atoms with E-state index in [4.69, 9.17) is 4.99 Å². The fourth-order valence-electron chi connectivity index (χ4n) is 10.2. The second-order valence-corrected chi connectivity index (χ2v) is 15.4. The molecule has 11 rings (SSSR count). The SMILES string of the molecule is Cc1c2cc3c(c1-c1ccccc1C(C)C(C)c1ccccc1-2)c1cc2ccccc2cc1n3/C1=N/c2cccc3c2C(CCC1)c1ccccc1-3. The van der Waals surface area contributed by atoms with E-state index < -0.39 is 0 Å². The zero-order valence-electron chi connectivity index (χ0n) is 29.9. The fraction of sp³-hybridized carbons (Fsp3) is 0.180. The number of aromatic nitrogens is 1. The highest BCUT2D eigenvalue weighted by molar-refractivity contribution is 6.23. The van der Waals surface area contributed by atoms with Gasteiger partial charge < -0.3 is 0 Å². The first kappa shape index (κ1) is 29.9. The Morgan fingerprint density at radius 1 is 0.577 bits per heavy atom. The van der Waals surface area contributed by atoms with E-state index in [1.807, 2.05) is 0 Å². The summed E-state index contributed by atoms with van der Waals surface area (Å²) < 4.78 is 2.56. The number of benzene rings is 7. The lowest BCUT2D eigenvalue weighted by Crippen LogP contribution is -2.14. The molecule has 8 aromatic rings. The Kier molecular flexibility index (Phi) is 6.41. The maximum atomic E-state index is 5.73. The maximum Gasteiger partial charge on any atom is 0.114 e. The summed E-state index contributed by atoms with van der Waals surface area (Å²) in [6.45, 7) is 7.20. The van der Waals surface area contributed by atoms with Gasteiger partial charge in [0.25, 0.3) is 0 Å². The van der Waals surface area contributed by atoms with Crippen molar-refractivity contribution < 1.29 is 0 Å². The van der Waals surface area contributed by atoms with Gasteiger partial charge in [0.1, 0.15) is 5.84 Å². The van der Waals surface area contributed by atoms with Crippen LogP contribution in [0.15, 0.2) is 138 Å². The van der Waals surface area contributed by atoms with Gasteiger partial charge in [0.15, 0.2) is 0 Å². The number of aliphatic imine (C=N–C) groups is 1. The third-order valence-corrected chi connectivity index (χ3v) is 12.9. The van der Waals surface area contributed by atoms with E-state index >= 15 is 0 Å². The Bertz CT molecular complexity index is 2830. The lowest BCUT2D eigenvalue weighted by Gasteiger charge is -2.24. The number of hydrogen-bond acceptors (Lipinski definition) is 1. The Labute approximate surface area is 305 Å². The standard InChI is InChI=1S/C50H40N2/c1-29-30(2)35-17-7-11-21-39(35)48-31(3)42(36-18-8-6-16-34(29)36)28-46-50(48)43-26-32-14-4-5-15-33(32)27-45(43)52(46)47-25-13-23-41-38-20-10-9-19-37(38)40-22-12-24-44(51-47)49(40)41/h4-12,14-22,24,26-30,41H,13,23,25H2,1-3H3/b51-47+. The van der Waals surface area contributed by atoms with Crippen LogP contribution < -0.4 is 0 Å². The molecule has 2 heterocycles. The lowest BCUT2D eigenvalue weighted by molar-refractivity contribution is 0.626. The van der Waals surface area contributed by atoms with Crippen LogP contribution in [0.25, 0.3) is 66.0 Å². The minimum absolute atomic E-state index is 0.349. The first-order valence-corrected chi connectivity index (χ1v) is 19.1. The average Bonchev–Trinajstić information content (AvgIpc) is 3.67. The van der Waals surface area contributed by atoms with Gasteiger partial charge in [-0.25, -0.2) is 4.99 Å². The molecule has 0 saturated heterocycles. The normalized spacial score (nSPS) is 19.8. The Hall–Kier alpha value is -5.73. The van der Waals surface area contributed by atoms with Crippen molar-refractivity contribution in [3.63, 3.8) is 0 Å². The molecule has 0 fully saturated rings. The molecule has 3 atom stereocenters. The summed E-state index contributed by atoms with van der Waals surface area (Å²) in [5.74, 6) is 2.24. The van der Waals surface area contributed by atoms with Crippen molar-refractivity contribution in [3.05, 3.63) is 161 Å². The lowest BCUT2D eigenvalue weighted by atomic mass is 9.80. The zero-order chi connectivity index (χ0) is 34.7. The minimum atomic E-state index is 0.349. The molecule has 2 heteroatoms. The molecule has 0 saturated carbocycles. The van der Waals surface area contributed by atoms with Crippen LogP contribution in [0.2, 0.25) is 0 Å². The molecule has 2 bridgehead atoms. The van der Waals surface area contributed by atoms with Gasteiger partial charge >= 0.3 is 0 Å². The minimum Gasteiger partial charge on any atom is -0.297 e. The molecule has 2 aliphatic carbocycles. The molecule has 0 amide bonds. The average molecular weight is 669 g/mol. The number of hydrogen-bond donors (Lipinski definition) is 0. The number of fused-ring (bicyclic) bond motifs is 14. The Morgan fingerprint density at radius 3 is 1.96 bits per heavy atom. The summed E-state index contributed by atoms with van der Waals surface area (Å²) in [4.78, 5) is 5.73. The van der Waals surface area contributed by atoms with Crippen molar-refractivity contribution in [3.8, 4) is 33.4 Å². The Morgan fingerprint density at radius 2 is 1.19 bits per heavy atom. The summed E-state index contributed by atoms with van der Waals surface area (Å²) in [6.07, 6.45) is 3.10. The quantitative estimate of drug-likeness (QED) is 0.153. The van der Waals surface area contributed by atoms with Gasteiger partial charge in [0.2, 0.25) is 0 Å². The molecule has 1 aliphatic heterocycles. The fourth-order valence-corrected chi connectivity index (χ4v) is 10.2. The van der Waals surface area contributed by atoms with Gasteiger partial charge in [-0.2, -0.15) is 0 Å². The third kappa shape index (κ3) is 4.10. The van der Waals surface area contributed by atoms with E-state index in [0.29, 0.717) is 17.8 Å². The summed E-state index contributed by atoms with van der Waals surface area (Å²) in [5, 5.41) is 5.17. The molecule has 0 radical (unpaired) electrons. The second-order valence-electron chi connectivity index (χ2n) is 15.4. The van der Waals surface area contributed by atoms with Crippen molar-refractivity contribution in [2.24, 2.45) is 4.99 Å². The molecule has 3 aliphatic rings. The van der Waals surface area contributed by atoms with Crippen LogP contribution in [0.5, 0.6) is 0 Å². The van der Waals surface area contributed by atoms with Crippen LogP contribution in [0.1, 0.15) is 78.7 Å². The van der Waals surface area contributed by atoms with Crippen LogP contribution in [0.4, 0.5) is 5.69 Å². The van der Waals surface area contributed by atoms with E-state index in [1.165, 1.54) is 93.8 Å². The number of nitrogens with zero attached hydrogens (tertiary/aromatic N) is 2.